The number of hydrogen-bond donors (Lipinski definition) is 1. The van der Waals surface area contributed by atoms with Crippen molar-refractivity contribution in [3.8, 4) is 5.88 Å². The minimum atomic E-state index is -1.86. The molecule has 2 aromatic rings. The molecular formula is C18H28N2O3Si. The molecule has 0 saturated carbocycles. The third kappa shape index (κ3) is 4.31. The van der Waals surface area contributed by atoms with E-state index in [9.17, 15) is 5.11 Å². The third-order valence-electron chi connectivity index (χ3n) is 4.74. The fourth-order valence-corrected chi connectivity index (χ4v) is 3.21. The van der Waals surface area contributed by atoms with Gasteiger partial charge in [-0.2, -0.15) is 0 Å². The predicted molar refractivity (Wildman–Crippen MR) is 98.9 cm³/mol. The number of rotatable bonds is 6. The van der Waals surface area contributed by atoms with Gasteiger partial charge in [-0.1, -0.05) is 32.9 Å². The molecule has 1 aromatic carbocycles. The van der Waals surface area contributed by atoms with Crippen molar-refractivity contribution in [2.75, 3.05) is 13.7 Å². The summed E-state index contributed by atoms with van der Waals surface area (Å²) in [6.45, 7) is 11.3. The van der Waals surface area contributed by atoms with Crippen LogP contribution in [0.3, 0.4) is 0 Å². The Balaban J connectivity index is 2.12. The molecule has 5 nitrogen and oxygen atoms in total. The maximum atomic E-state index is 10.4. The second kappa shape index (κ2) is 7.17. The minimum Gasteiger partial charge on any atom is -0.480 e. The van der Waals surface area contributed by atoms with E-state index in [1.165, 1.54) is 0 Å². The number of fused-ring (bicyclic) bond motifs is 1. The van der Waals surface area contributed by atoms with Crippen LogP contribution in [-0.2, 0) is 10.8 Å². The summed E-state index contributed by atoms with van der Waals surface area (Å²) in [5, 5.41) is 10.6. The fourth-order valence-electron chi connectivity index (χ4n) is 2.17. The molecule has 0 radical (unpaired) electrons. The first-order chi connectivity index (χ1) is 11.1. The van der Waals surface area contributed by atoms with Gasteiger partial charge in [-0.15, -0.1) is 0 Å². The smallest absolute Gasteiger partial charge is 0.232 e. The summed E-state index contributed by atoms with van der Waals surface area (Å²) in [6.07, 6.45) is 1.51. The summed E-state index contributed by atoms with van der Waals surface area (Å²) in [7, 11) is -0.291. The van der Waals surface area contributed by atoms with Crippen LogP contribution in [0.15, 0.2) is 24.4 Å². The van der Waals surface area contributed by atoms with Crippen molar-refractivity contribution in [2.45, 2.75) is 51.4 Å². The Kier molecular flexibility index (Phi) is 5.62. The van der Waals surface area contributed by atoms with Gasteiger partial charge in [0, 0.05) is 6.42 Å². The van der Waals surface area contributed by atoms with E-state index in [0.29, 0.717) is 18.9 Å². The maximum absolute atomic E-state index is 10.4. The molecule has 24 heavy (non-hydrogen) atoms. The Labute approximate surface area is 145 Å². The Hall–Kier alpha value is -1.50. The van der Waals surface area contributed by atoms with Crippen molar-refractivity contribution in [3.63, 3.8) is 0 Å². The number of benzene rings is 1. The quantitative estimate of drug-likeness (QED) is 0.809. The predicted octanol–water partition coefficient (Wildman–Crippen LogP) is 3.56. The minimum absolute atomic E-state index is 0.130. The monoisotopic (exact) mass is 348 g/mol. The molecule has 0 fully saturated rings. The Morgan fingerprint density at radius 2 is 1.96 bits per heavy atom. The van der Waals surface area contributed by atoms with Crippen molar-refractivity contribution < 1.29 is 14.3 Å². The number of methoxy groups -OCH3 is 1. The van der Waals surface area contributed by atoms with Crippen molar-refractivity contribution in [2.24, 2.45) is 0 Å². The molecule has 2 rings (SSSR count). The van der Waals surface area contributed by atoms with Crippen molar-refractivity contribution >= 4 is 19.4 Å². The van der Waals surface area contributed by atoms with Gasteiger partial charge >= 0.3 is 0 Å². The highest BCUT2D eigenvalue weighted by molar-refractivity contribution is 6.74. The number of hydrogen-bond acceptors (Lipinski definition) is 5. The Bertz CT molecular complexity index is 698. The molecule has 0 aliphatic rings. The Morgan fingerprint density at radius 1 is 1.25 bits per heavy atom. The van der Waals surface area contributed by atoms with Crippen LogP contribution in [-0.4, -0.2) is 43.2 Å². The van der Waals surface area contributed by atoms with Crippen LogP contribution in [0.25, 0.3) is 11.0 Å². The number of aliphatic hydroxyl groups is 1. The van der Waals surface area contributed by atoms with Crippen LogP contribution >= 0.6 is 0 Å². The third-order valence-corrected chi connectivity index (χ3v) is 9.24. The summed E-state index contributed by atoms with van der Waals surface area (Å²) < 4.78 is 11.3. The normalized spacial score (nSPS) is 14.0. The van der Waals surface area contributed by atoms with Crippen molar-refractivity contribution in [3.05, 3.63) is 30.0 Å². The lowest BCUT2D eigenvalue weighted by Crippen LogP contribution is -2.42. The van der Waals surface area contributed by atoms with Gasteiger partial charge in [0.2, 0.25) is 5.88 Å². The molecule has 0 bridgehead atoms. The van der Waals surface area contributed by atoms with Gasteiger partial charge < -0.3 is 14.3 Å². The van der Waals surface area contributed by atoms with Gasteiger partial charge in [0.1, 0.15) is 0 Å². The summed E-state index contributed by atoms with van der Waals surface area (Å²) in [4.78, 5) is 8.81. The van der Waals surface area contributed by atoms with E-state index in [1.54, 1.807) is 13.3 Å². The van der Waals surface area contributed by atoms with Crippen molar-refractivity contribution in [1.82, 2.24) is 9.97 Å². The van der Waals surface area contributed by atoms with Crippen LogP contribution in [0.4, 0.5) is 0 Å². The highest BCUT2D eigenvalue weighted by Gasteiger charge is 2.37. The Morgan fingerprint density at radius 3 is 2.58 bits per heavy atom. The van der Waals surface area contributed by atoms with Gasteiger partial charge in [-0.25, -0.2) is 9.97 Å². The summed E-state index contributed by atoms with van der Waals surface area (Å²) >= 11 is 0. The zero-order chi connectivity index (χ0) is 18.0. The average Bonchev–Trinajstić information content (AvgIpc) is 2.52. The maximum Gasteiger partial charge on any atom is 0.232 e. The summed E-state index contributed by atoms with van der Waals surface area (Å²) in [5.74, 6) is 0.474. The summed E-state index contributed by atoms with van der Waals surface area (Å²) in [6, 6.07) is 5.80. The second-order valence-corrected chi connectivity index (χ2v) is 12.4. The van der Waals surface area contributed by atoms with E-state index in [4.69, 9.17) is 9.16 Å². The number of para-hydroxylation sites is 1. The first-order valence-corrected chi connectivity index (χ1v) is 11.2. The topological polar surface area (TPSA) is 64.5 Å². The first-order valence-electron chi connectivity index (χ1n) is 8.25. The molecule has 6 heteroatoms. The standard InChI is InChI=1S/C18H28N2O3Si/c1-18(2,3)24(5,6)23-12-14(21)10-13-8-7-9-15-17(13)20-16(22-4)11-19-15/h7-9,11,14,21H,10,12H2,1-6H3. The molecule has 1 unspecified atom stereocenters. The molecule has 132 valence electrons. The molecule has 1 N–H and O–H groups in total. The van der Waals surface area contributed by atoms with E-state index < -0.39 is 14.4 Å². The van der Waals surface area contributed by atoms with Crippen LogP contribution in [0.2, 0.25) is 18.1 Å². The van der Waals surface area contributed by atoms with E-state index >= 15 is 0 Å². The van der Waals surface area contributed by atoms with Gasteiger partial charge in [0.05, 0.1) is 37.1 Å². The highest BCUT2D eigenvalue weighted by Crippen LogP contribution is 2.36. The van der Waals surface area contributed by atoms with Crippen molar-refractivity contribution in [1.29, 1.82) is 0 Å². The number of nitrogens with zero attached hydrogens (tertiary/aromatic N) is 2. The highest BCUT2D eigenvalue weighted by atomic mass is 28.4. The lowest BCUT2D eigenvalue weighted by atomic mass is 10.1. The molecule has 0 amide bonds. The largest absolute Gasteiger partial charge is 0.480 e. The van der Waals surface area contributed by atoms with E-state index in [1.807, 2.05) is 18.2 Å². The van der Waals surface area contributed by atoms with E-state index in [-0.39, 0.29) is 5.04 Å². The van der Waals surface area contributed by atoms with E-state index in [0.717, 1.165) is 16.6 Å². The number of ether oxygens (including phenoxy) is 1. The average molecular weight is 349 g/mol. The van der Waals surface area contributed by atoms with E-state index in [2.05, 4.69) is 43.8 Å². The molecule has 1 atom stereocenters. The number of aliphatic hydroxyl groups excluding tert-OH is 1. The van der Waals surface area contributed by atoms with Gasteiger partial charge in [-0.05, 0) is 29.8 Å². The molecule has 0 aliphatic carbocycles. The molecule has 1 heterocycles. The van der Waals surface area contributed by atoms with Crippen LogP contribution in [0, 0.1) is 0 Å². The van der Waals surface area contributed by atoms with Crippen LogP contribution in [0.1, 0.15) is 26.3 Å². The lowest BCUT2D eigenvalue weighted by Gasteiger charge is -2.36. The van der Waals surface area contributed by atoms with Gasteiger partial charge in [0.25, 0.3) is 0 Å². The van der Waals surface area contributed by atoms with Gasteiger partial charge in [0.15, 0.2) is 8.32 Å². The zero-order valence-corrected chi connectivity index (χ0v) is 16.5. The van der Waals surface area contributed by atoms with Gasteiger partial charge in [-0.3, -0.25) is 0 Å². The molecular weight excluding hydrogens is 320 g/mol. The van der Waals surface area contributed by atoms with Crippen LogP contribution in [0.5, 0.6) is 5.88 Å². The fraction of sp³-hybridized carbons (Fsp3) is 0.556. The first kappa shape index (κ1) is 18.8. The number of aromatic nitrogens is 2. The lowest BCUT2D eigenvalue weighted by molar-refractivity contribution is 0.100. The molecule has 0 spiro atoms. The summed E-state index contributed by atoms with van der Waals surface area (Å²) in [5.41, 5.74) is 2.51. The molecule has 1 aromatic heterocycles. The molecule has 0 saturated heterocycles. The SMILES string of the molecule is COc1cnc2cccc(CC(O)CO[Si](C)(C)C(C)(C)C)c2n1. The molecule has 0 aliphatic heterocycles. The van der Waals surface area contributed by atoms with Crippen LogP contribution < -0.4 is 4.74 Å². The zero-order valence-electron chi connectivity index (χ0n) is 15.5. The second-order valence-electron chi connectivity index (χ2n) is 7.63.